The van der Waals surface area contributed by atoms with E-state index >= 15 is 0 Å². The monoisotopic (exact) mass is 379 g/mol. The first-order valence-corrected chi connectivity index (χ1v) is 8.29. The average molecular weight is 380 g/mol. The number of benzene rings is 2. The van der Waals surface area contributed by atoms with Crippen LogP contribution >= 0.6 is 12.4 Å². The largest absolute Gasteiger partial charge is 0.438 e. The number of nitrogens with zero attached hydrogens (tertiary/aromatic N) is 2. The quantitative estimate of drug-likeness (QED) is 0.570. The summed E-state index contributed by atoms with van der Waals surface area (Å²) in [5.74, 6) is 1.03. The number of carbonyl (C=O) groups excluding carboxylic acids is 1. The summed E-state index contributed by atoms with van der Waals surface area (Å²) in [5.41, 5.74) is 8.03. The lowest BCUT2D eigenvalue weighted by molar-refractivity contribution is 0.0965. The predicted octanol–water partition coefficient (Wildman–Crippen LogP) is 4.40. The van der Waals surface area contributed by atoms with Crippen molar-refractivity contribution in [3.8, 4) is 11.6 Å². The molecule has 2 aromatic carbocycles. The number of rotatable bonds is 4. The highest BCUT2D eigenvalue weighted by Crippen LogP contribution is 2.30. The summed E-state index contributed by atoms with van der Waals surface area (Å²) in [6.07, 6.45) is 3.43. The number of aromatic nitrogens is 2. The summed E-state index contributed by atoms with van der Waals surface area (Å²) in [5, 5.41) is 0.844. The molecule has 0 spiro atoms. The lowest BCUT2D eigenvalue weighted by atomic mass is 10.2. The maximum atomic E-state index is 12.8. The van der Waals surface area contributed by atoms with Crippen LogP contribution in [0.4, 0.5) is 0 Å². The van der Waals surface area contributed by atoms with E-state index in [1.54, 1.807) is 29.1 Å². The van der Waals surface area contributed by atoms with Crippen molar-refractivity contribution in [3.63, 3.8) is 0 Å². The molecule has 0 unspecified atom stereocenters. The average Bonchev–Trinajstić information content (AvgIpc) is 3.13. The molecule has 0 aliphatic rings. The van der Waals surface area contributed by atoms with Gasteiger partial charge >= 0.3 is 0 Å². The van der Waals surface area contributed by atoms with Crippen molar-refractivity contribution in [1.29, 1.82) is 0 Å². The Morgan fingerprint density at radius 2 is 1.85 bits per heavy atom. The number of fused-ring (bicyclic) bond motifs is 1. The lowest BCUT2D eigenvalue weighted by Crippen LogP contribution is -2.10. The Kier molecular flexibility index (Phi) is 5.54. The van der Waals surface area contributed by atoms with Crippen LogP contribution in [-0.4, -0.2) is 15.5 Å². The van der Waals surface area contributed by atoms with E-state index in [1.165, 1.54) is 0 Å². The van der Waals surface area contributed by atoms with Gasteiger partial charge in [0.15, 0.2) is 0 Å². The fraction of sp³-hybridized carbons (Fsp3) is 0.0476. The van der Waals surface area contributed by atoms with E-state index in [-0.39, 0.29) is 18.3 Å². The van der Waals surface area contributed by atoms with Crippen LogP contribution in [-0.2, 0) is 6.54 Å². The first kappa shape index (κ1) is 18.6. The molecule has 136 valence electrons. The molecule has 2 N–H and O–H groups in total. The molecular weight excluding hydrogens is 362 g/mol. The van der Waals surface area contributed by atoms with E-state index in [9.17, 15) is 4.79 Å². The Labute approximate surface area is 162 Å². The molecule has 0 radical (unpaired) electrons. The van der Waals surface area contributed by atoms with Crippen molar-refractivity contribution in [1.82, 2.24) is 9.55 Å². The van der Waals surface area contributed by atoms with Gasteiger partial charge < -0.3 is 10.5 Å². The minimum Gasteiger partial charge on any atom is -0.438 e. The fourth-order valence-electron chi connectivity index (χ4n) is 2.87. The molecule has 0 saturated heterocycles. The Balaban J connectivity index is 0.00000210. The van der Waals surface area contributed by atoms with Crippen molar-refractivity contribution < 1.29 is 9.53 Å². The molecule has 0 fully saturated rings. The standard InChI is InChI=1S/C21H17N3O2.ClH/c22-14-15-9-11-23-20(13-15)26-19-8-4-7-18-17(19)10-12-24(18)21(25)16-5-2-1-3-6-16;/h1-13H,14,22H2;1H. The molecule has 0 amide bonds. The Morgan fingerprint density at radius 3 is 2.63 bits per heavy atom. The van der Waals surface area contributed by atoms with Crippen LogP contribution in [0.1, 0.15) is 15.9 Å². The van der Waals surface area contributed by atoms with Gasteiger partial charge in [-0.2, -0.15) is 0 Å². The van der Waals surface area contributed by atoms with E-state index < -0.39 is 0 Å². The smallest absolute Gasteiger partial charge is 0.262 e. The number of halogens is 1. The number of hydrogen-bond acceptors (Lipinski definition) is 4. The maximum Gasteiger partial charge on any atom is 0.262 e. The number of hydrogen-bond donors (Lipinski definition) is 1. The number of carbonyl (C=O) groups is 1. The van der Waals surface area contributed by atoms with Crippen molar-refractivity contribution >= 4 is 29.2 Å². The van der Waals surface area contributed by atoms with Crippen molar-refractivity contribution in [3.05, 3.63) is 90.3 Å². The molecule has 6 heteroatoms. The number of ether oxygens (including phenoxy) is 1. The normalized spacial score (nSPS) is 10.4. The van der Waals surface area contributed by atoms with E-state index in [2.05, 4.69) is 4.98 Å². The molecule has 27 heavy (non-hydrogen) atoms. The van der Waals surface area contributed by atoms with E-state index in [1.807, 2.05) is 54.6 Å². The first-order chi connectivity index (χ1) is 12.8. The highest BCUT2D eigenvalue weighted by Gasteiger charge is 2.14. The predicted molar refractivity (Wildman–Crippen MR) is 108 cm³/mol. The topological polar surface area (TPSA) is 70.1 Å². The van der Waals surface area contributed by atoms with Gasteiger partial charge in [-0.15, -0.1) is 12.4 Å². The molecule has 0 saturated carbocycles. The van der Waals surface area contributed by atoms with Gasteiger partial charge in [-0.3, -0.25) is 9.36 Å². The second kappa shape index (κ2) is 8.03. The van der Waals surface area contributed by atoms with Gasteiger partial charge in [-0.1, -0.05) is 24.3 Å². The Hall–Kier alpha value is -3.15. The van der Waals surface area contributed by atoms with Gasteiger partial charge in [0, 0.05) is 36.0 Å². The lowest BCUT2D eigenvalue weighted by Gasteiger charge is -2.08. The van der Waals surface area contributed by atoms with Gasteiger partial charge in [0.05, 0.1) is 5.52 Å². The van der Waals surface area contributed by atoms with Crippen molar-refractivity contribution in [2.75, 3.05) is 0 Å². The second-order valence-electron chi connectivity index (χ2n) is 5.85. The minimum atomic E-state index is -0.0824. The molecule has 2 heterocycles. The zero-order valence-corrected chi connectivity index (χ0v) is 15.2. The van der Waals surface area contributed by atoms with Crippen LogP contribution in [0.3, 0.4) is 0 Å². The van der Waals surface area contributed by atoms with Gasteiger partial charge in [-0.05, 0) is 42.0 Å². The summed E-state index contributed by atoms with van der Waals surface area (Å²) in [6.45, 7) is 0.422. The highest BCUT2D eigenvalue weighted by molar-refractivity contribution is 6.03. The SMILES string of the molecule is Cl.NCc1ccnc(Oc2cccc3c2ccn3C(=O)c2ccccc2)c1. The second-order valence-corrected chi connectivity index (χ2v) is 5.85. The van der Waals surface area contributed by atoms with Crippen LogP contribution in [0, 0.1) is 0 Å². The molecule has 4 rings (SSSR count). The third-order valence-electron chi connectivity index (χ3n) is 4.18. The van der Waals surface area contributed by atoms with Crippen molar-refractivity contribution in [2.45, 2.75) is 6.54 Å². The van der Waals surface area contributed by atoms with Gasteiger partial charge in [0.2, 0.25) is 5.88 Å². The summed E-state index contributed by atoms with van der Waals surface area (Å²) < 4.78 is 7.57. The number of pyridine rings is 1. The van der Waals surface area contributed by atoms with Crippen LogP contribution in [0.5, 0.6) is 11.6 Å². The molecule has 0 bridgehead atoms. The van der Waals surface area contributed by atoms with E-state index in [0.717, 1.165) is 16.5 Å². The summed E-state index contributed by atoms with van der Waals surface area (Å²) in [7, 11) is 0. The number of nitrogens with two attached hydrogens (primary N) is 1. The van der Waals surface area contributed by atoms with Gasteiger partial charge in [0.1, 0.15) is 5.75 Å². The minimum absolute atomic E-state index is 0. The van der Waals surface area contributed by atoms with Crippen molar-refractivity contribution in [2.24, 2.45) is 5.73 Å². The van der Waals surface area contributed by atoms with E-state index in [0.29, 0.717) is 23.7 Å². The molecule has 2 aromatic heterocycles. The van der Waals surface area contributed by atoms with Gasteiger partial charge in [-0.25, -0.2) is 4.98 Å². The van der Waals surface area contributed by atoms with E-state index in [4.69, 9.17) is 10.5 Å². The molecule has 4 aromatic rings. The third-order valence-corrected chi connectivity index (χ3v) is 4.18. The van der Waals surface area contributed by atoms with Crippen LogP contribution in [0.2, 0.25) is 0 Å². The molecule has 0 aliphatic heterocycles. The fourth-order valence-corrected chi connectivity index (χ4v) is 2.87. The summed E-state index contributed by atoms with van der Waals surface area (Å²) in [6, 6.07) is 20.3. The summed E-state index contributed by atoms with van der Waals surface area (Å²) in [4.78, 5) is 17.0. The van der Waals surface area contributed by atoms with Crippen LogP contribution in [0.25, 0.3) is 10.9 Å². The van der Waals surface area contributed by atoms with Crippen LogP contribution in [0.15, 0.2) is 79.1 Å². The Bertz CT molecular complexity index is 1080. The van der Waals surface area contributed by atoms with Gasteiger partial charge in [0.25, 0.3) is 5.91 Å². The highest BCUT2D eigenvalue weighted by atomic mass is 35.5. The molecule has 0 aliphatic carbocycles. The third kappa shape index (κ3) is 3.69. The first-order valence-electron chi connectivity index (χ1n) is 8.29. The molecule has 0 atom stereocenters. The zero-order valence-electron chi connectivity index (χ0n) is 14.4. The molecule has 5 nitrogen and oxygen atoms in total. The zero-order chi connectivity index (χ0) is 17.9. The summed E-state index contributed by atoms with van der Waals surface area (Å²) >= 11 is 0. The molecular formula is C21H18ClN3O2. The van der Waals surface area contributed by atoms with Crippen LogP contribution < -0.4 is 10.5 Å². The Morgan fingerprint density at radius 1 is 1.04 bits per heavy atom. The maximum absolute atomic E-state index is 12.8.